The number of methoxy groups -OCH3 is 1. The van der Waals surface area contributed by atoms with E-state index in [0.29, 0.717) is 29.0 Å². The third kappa shape index (κ3) is 3.76. The van der Waals surface area contributed by atoms with Gasteiger partial charge in [0.25, 0.3) is 0 Å². The third-order valence-corrected chi connectivity index (χ3v) is 6.07. The number of benzene rings is 2. The highest BCUT2D eigenvalue weighted by Gasteiger charge is 2.33. The van der Waals surface area contributed by atoms with Crippen LogP contribution in [0, 0.1) is 0 Å². The molecule has 0 unspecified atom stereocenters. The van der Waals surface area contributed by atoms with Gasteiger partial charge < -0.3 is 19.7 Å². The molecule has 0 fully saturated rings. The number of aryl methyl sites for hydroxylation is 1. The van der Waals surface area contributed by atoms with Gasteiger partial charge in [0.1, 0.15) is 23.8 Å². The summed E-state index contributed by atoms with van der Waals surface area (Å²) in [5, 5.41) is 9.06. The van der Waals surface area contributed by atoms with Gasteiger partial charge in [-0.1, -0.05) is 12.1 Å². The molecule has 1 aliphatic rings. The largest absolute Gasteiger partial charge is 0.497 e. The van der Waals surface area contributed by atoms with E-state index >= 15 is 0 Å². The van der Waals surface area contributed by atoms with Gasteiger partial charge in [-0.15, -0.1) is 0 Å². The van der Waals surface area contributed by atoms with Crippen LogP contribution >= 0.6 is 0 Å². The summed E-state index contributed by atoms with van der Waals surface area (Å²) in [5.41, 5.74) is 5.27. The van der Waals surface area contributed by atoms with Crippen LogP contribution < -0.4 is 14.8 Å². The maximum absolute atomic E-state index is 13.7. The average Bonchev–Trinajstić information content (AvgIpc) is 3.18. The fourth-order valence-electron chi connectivity index (χ4n) is 4.31. The standard InChI is InChI=1S/C26H27N5O3/c1-30(2)12-11-28-19-9-10-20-24-23(19)26(32)18-13-27-14-21(22(18)25(24)29-31(20)3)34-15-16-5-7-17(33-4)8-6-16/h5-10,13-14,28H,11-12,15H2,1-4H3. The number of carbonyl (C=O) groups excluding carboxylic acids is 1. The highest BCUT2D eigenvalue weighted by atomic mass is 16.5. The summed E-state index contributed by atoms with van der Waals surface area (Å²) in [6.07, 6.45) is 3.26. The van der Waals surface area contributed by atoms with Crippen molar-refractivity contribution in [3.05, 3.63) is 65.5 Å². The van der Waals surface area contributed by atoms with Gasteiger partial charge in [0.2, 0.25) is 0 Å². The normalized spacial score (nSPS) is 12.2. The zero-order valence-electron chi connectivity index (χ0n) is 19.8. The SMILES string of the molecule is COc1ccc(COc2cncc3c2-c2nn(C)c4ccc(NCCN(C)C)c(c24)C3=O)cc1. The summed E-state index contributed by atoms with van der Waals surface area (Å²) in [7, 11) is 7.58. The molecule has 2 aromatic carbocycles. The minimum absolute atomic E-state index is 0.0733. The number of pyridine rings is 1. The molecule has 174 valence electrons. The van der Waals surface area contributed by atoms with Crippen molar-refractivity contribution in [2.75, 3.05) is 39.6 Å². The van der Waals surface area contributed by atoms with Gasteiger partial charge in [-0.05, 0) is 43.9 Å². The monoisotopic (exact) mass is 457 g/mol. The Bertz CT molecular complexity index is 1380. The van der Waals surface area contributed by atoms with Crippen molar-refractivity contribution in [2.24, 2.45) is 7.05 Å². The molecule has 8 heteroatoms. The topological polar surface area (TPSA) is 81.5 Å². The molecule has 0 bridgehead atoms. The Morgan fingerprint density at radius 2 is 1.85 bits per heavy atom. The van der Waals surface area contributed by atoms with Crippen molar-refractivity contribution in [3.63, 3.8) is 0 Å². The molecule has 8 nitrogen and oxygen atoms in total. The second-order valence-corrected chi connectivity index (χ2v) is 8.61. The number of nitrogens with one attached hydrogen (secondary N) is 1. The van der Waals surface area contributed by atoms with Crippen LogP contribution in [0.5, 0.6) is 11.5 Å². The smallest absolute Gasteiger partial charge is 0.198 e. The van der Waals surface area contributed by atoms with E-state index in [1.165, 1.54) is 0 Å². The quantitative estimate of drug-likeness (QED) is 0.380. The first-order valence-corrected chi connectivity index (χ1v) is 11.1. The van der Waals surface area contributed by atoms with Gasteiger partial charge in [0.05, 0.1) is 35.5 Å². The van der Waals surface area contributed by atoms with E-state index in [-0.39, 0.29) is 5.78 Å². The van der Waals surface area contributed by atoms with Crippen LogP contribution in [0.25, 0.3) is 22.2 Å². The molecule has 1 N–H and O–H groups in total. The Hall–Kier alpha value is -3.91. The zero-order chi connectivity index (χ0) is 23.8. The van der Waals surface area contributed by atoms with Crippen LogP contribution in [0.1, 0.15) is 21.5 Å². The average molecular weight is 458 g/mol. The number of rotatable bonds is 8. The Morgan fingerprint density at radius 3 is 2.59 bits per heavy atom. The molecule has 5 rings (SSSR count). The first kappa shape index (κ1) is 21.9. The van der Waals surface area contributed by atoms with Gasteiger partial charge >= 0.3 is 0 Å². The van der Waals surface area contributed by atoms with E-state index in [1.54, 1.807) is 19.5 Å². The lowest BCUT2D eigenvalue weighted by atomic mass is 9.87. The zero-order valence-corrected chi connectivity index (χ0v) is 19.8. The van der Waals surface area contributed by atoms with Crippen molar-refractivity contribution in [3.8, 4) is 22.8 Å². The molecule has 2 heterocycles. The highest BCUT2D eigenvalue weighted by molar-refractivity contribution is 6.28. The van der Waals surface area contributed by atoms with Crippen LogP contribution in [-0.2, 0) is 13.7 Å². The van der Waals surface area contributed by atoms with Gasteiger partial charge in [0.15, 0.2) is 5.78 Å². The second-order valence-electron chi connectivity index (χ2n) is 8.61. The molecule has 1 aliphatic carbocycles. The minimum atomic E-state index is -0.0733. The Morgan fingerprint density at radius 1 is 1.06 bits per heavy atom. The van der Waals surface area contributed by atoms with Crippen molar-refractivity contribution >= 4 is 22.4 Å². The molecule has 0 saturated carbocycles. The summed E-state index contributed by atoms with van der Waals surface area (Å²) in [5.74, 6) is 1.25. The van der Waals surface area contributed by atoms with E-state index in [1.807, 2.05) is 62.2 Å². The van der Waals surface area contributed by atoms with Crippen molar-refractivity contribution < 1.29 is 14.3 Å². The number of ether oxygens (including phenoxy) is 2. The molecule has 0 radical (unpaired) electrons. The number of ketones is 1. The number of aromatic nitrogens is 3. The second kappa shape index (κ2) is 8.79. The predicted molar refractivity (Wildman–Crippen MR) is 132 cm³/mol. The lowest BCUT2D eigenvalue weighted by Crippen LogP contribution is -2.22. The first-order chi connectivity index (χ1) is 16.5. The number of hydrogen-bond acceptors (Lipinski definition) is 7. The van der Waals surface area contributed by atoms with Gasteiger partial charge in [-0.2, -0.15) is 5.10 Å². The van der Waals surface area contributed by atoms with Gasteiger partial charge in [0, 0.05) is 37.4 Å². The molecular formula is C26H27N5O3. The van der Waals surface area contributed by atoms with Crippen molar-refractivity contribution in [1.29, 1.82) is 0 Å². The highest BCUT2D eigenvalue weighted by Crippen LogP contribution is 2.45. The Kier molecular flexibility index (Phi) is 5.67. The van der Waals surface area contributed by atoms with Crippen molar-refractivity contribution in [2.45, 2.75) is 6.61 Å². The summed E-state index contributed by atoms with van der Waals surface area (Å²) < 4.78 is 13.2. The molecule has 4 aromatic rings. The number of likely N-dealkylation sites (N-methyl/N-ethyl adjacent to an activating group) is 1. The molecule has 0 aliphatic heterocycles. The first-order valence-electron chi connectivity index (χ1n) is 11.1. The maximum Gasteiger partial charge on any atom is 0.198 e. The van der Waals surface area contributed by atoms with Crippen molar-refractivity contribution in [1.82, 2.24) is 19.7 Å². The Labute approximate surface area is 198 Å². The maximum atomic E-state index is 13.7. The van der Waals surface area contributed by atoms with E-state index in [2.05, 4.69) is 15.2 Å². The molecule has 0 amide bonds. The molecule has 0 atom stereocenters. The number of hydrogen-bond donors (Lipinski definition) is 1. The summed E-state index contributed by atoms with van der Waals surface area (Å²) in [6.45, 7) is 1.92. The van der Waals surface area contributed by atoms with Crippen LogP contribution in [0.3, 0.4) is 0 Å². The summed E-state index contributed by atoms with van der Waals surface area (Å²) in [4.78, 5) is 20.1. The van der Waals surface area contributed by atoms with Crippen LogP contribution in [-0.4, -0.2) is 59.7 Å². The van der Waals surface area contributed by atoms with Gasteiger partial charge in [-0.25, -0.2) is 0 Å². The fourth-order valence-corrected chi connectivity index (χ4v) is 4.31. The molecule has 0 saturated heterocycles. The van der Waals surface area contributed by atoms with E-state index in [4.69, 9.17) is 14.6 Å². The van der Waals surface area contributed by atoms with E-state index in [9.17, 15) is 4.79 Å². The summed E-state index contributed by atoms with van der Waals surface area (Å²) >= 11 is 0. The number of fused-ring (bicyclic) bond motifs is 2. The van der Waals surface area contributed by atoms with Crippen LogP contribution in [0.15, 0.2) is 48.8 Å². The number of nitrogens with zero attached hydrogens (tertiary/aromatic N) is 4. The van der Waals surface area contributed by atoms with Crippen LogP contribution in [0.4, 0.5) is 5.69 Å². The van der Waals surface area contributed by atoms with Crippen LogP contribution in [0.2, 0.25) is 0 Å². The number of carbonyl (C=O) groups is 1. The molecular weight excluding hydrogens is 430 g/mol. The predicted octanol–water partition coefficient (Wildman–Crippen LogP) is 3.74. The lowest BCUT2D eigenvalue weighted by molar-refractivity contribution is 0.104. The number of anilines is 1. The van der Waals surface area contributed by atoms with E-state index < -0.39 is 0 Å². The molecule has 0 spiro atoms. The molecule has 34 heavy (non-hydrogen) atoms. The minimum Gasteiger partial charge on any atom is -0.497 e. The Balaban J connectivity index is 1.55. The lowest BCUT2D eigenvalue weighted by Gasteiger charge is -2.21. The third-order valence-electron chi connectivity index (χ3n) is 6.07. The summed E-state index contributed by atoms with van der Waals surface area (Å²) in [6, 6.07) is 11.7. The van der Waals surface area contributed by atoms with E-state index in [0.717, 1.165) is 46.7 Å². The fraction of sp³-hybridized carbons (Fsp3) is 0.269. The molecule has 2 aromatic heterocycles. The van der Waals surface area contributed by atoms with Gasteiger partial charge in [-0.3, -0.25) is 14.5 Å².